The third-order valence-electron chi connectivity index (χ3n) is 3.35. The molecule has 0 spiro atoms. The van der Waals surface area contributed by atoms with Gasteiger partial charge in [0.05, 0.1) is 19.1 Å². The first kappa shape index (κ1) is 17.2. The van der Waals surface area contributed by atoms with Crippen molar-refractivity contribution in [3.63, 3.8) is 0 Å². The van der Waals surface area contributed by atoms with E-state index < -0.39 is 10.0 Å². The van der Waals surface area contributed by atoms with Crippen LogP contribution in [0.3, 0.4) is 0 Å². The van der Waals surface area contributed by atoms with E-state index in [-0.39, 0.29) is 10.0 Å². The molecule has 0 saturated carbocycles. The summed E-state index contributed by atoms with van der Waals surface area (Å²) in [5.41, 5.74) is 0.827. The van der Waals surface area contributed by atoms with Gasteiger partial charge in [0.15, 0.2) is 0 Å². The fraction of sp³-hybridized carbons (Fsp3) is 0.125. The van der Waals surface area contributed by atoms with E-state index in [1.54, 1.807) is 31.4 Å². The van der Waals surface area contributed by atoms with Crippen molar-refractivity contribution in [3.05, 3.63) is 48.5 Å². The van der Waals surface area contributed by atoms with E-state index in [1.165, 1.54) is 19.2 Å². The molecule has 0 fully saturated rings. The Hall–Kier alpha value is -2.65. The summed E-state index contributed by atoms with van der Waals surface area (Å²) in [6, 6.07) is 13.4. The molecule has 1 N–H and O–H groups in total. The summed E-state index contributed by atoms with van der Waals surface area (Å²) in [5.74, 6) is 1.31. The van der Waals surface area contributed by atoms with Crippen molar-refractivity contribution in [1.82, 2.24) is 10.2 Å². The van der Waals surface area contributed by atoms with Crippen molar-refractivity contribution in [1.29, 1.82) is 0 Å². The third kappa shape index (κ3) is 3.89. The molecule has 3 aromatic rings. The highest BCUT2D eigenvalue weighted by atomic mass is 32.2. The second-order valence-electron chi connectivity index (χ2n) is 4.92. The lowest BCUT2D eigenvalue weighted by molar-refractivity contribution is 0.414. The molecular weight excluding hydrogens is 362 g/mol. The summed E-state index contributed by atoms with van der Waals surface area (Å²) in [5, 5.41) is 8.73. The van der Waals surface area contributed by atoms with Crippen molar-refractivity contribution in [2.75, 3.05) is 18.9 Å². The molecule has 7 nitrogen and oxygen atoms in total. The quantitative estimate of drug-likeness (QED) is 0.710. The highest BCUT2D eigenvalue weighted by molar-refractivity contribution is 7.93. The number of hydrogen-bond donors (Lipinski definition) is 1. The smallest absolute Gasteiger partial charge is 0.263 e. The molecule has 1 aromatic heterocycles. The van der Waals surface area contributed by atoms with Gasteiger partial charge in [-0.15, -0.1) is 10.2 Å². The minimum absolute atomic E-state index is 0.120. The molecule has 0 bridgehead atoms. The van der Waals surface area contributed by atoms with E-state index >= 15 is 0 Å². The molecule has 3 rings (SSSR count). The first-order chi connectivity index (χ1) is 12.0. The van der Waals surface area contributed by atoms with E-state index in [0.29, 0.717) is 10.8 Å². The van der Waals surface area contributed by atoms with Crippen LogP contribution in [-0.2, 0) is 10.0 Å². The number of sulfonamides is 1. The first-order valence-electron chi connectivity index (χ1n) is 7.16. The standard InChI is InChI=1S/C16H15N3O4S2/c1-22-12-5-3-11(4-6-12)15-17-18-16(24-15)19-25(20,21)14-9-7-13(23-2)8-10-14/h3-10H,1-2H3,(H,18,19). The maximum Gasteiger partial charge on any atom is 0.263 e. The highest BCUT2D eigenvalue weighted by Gasteiger charge is 2.17. The maximum atomic E-state index is 12.4. The van der Waals surface area contributed by atoms with E-state index in [2.05, 4.69) is 14.9 Å². The van der Waals surface area contributed by atoms with Crippen LogP contribution in [0.4, 0.5) is 5.13 Å². The van der Waals surface area contributed by atoms with Gasteiger partial charge in [0.2, 0.25) is 5.13 Å². The van der Waals surface area contributed by atoms with E-state index in [4.69, 9.17) is 9.47 Å². The van der Waals surface area contributed by atoms with Gasteiger partial charge in [-0.3, -0.25) is 4.72 Å². The van der Waals surface area contributed by atoms with E-state index in [0.717, 1.165) is 22.6 Å². The van der Waals surface area contributed by atoms with Crippen LogP contribution in [0.1, 0.15) is 0 Å². The van der Waals surface area contributed by atoms with Crippen LogP contribution >= 0.6 is 11.3 Å². The second kappa shape index (κ2) is 7.08. The average molecular weight is 377 g/mol. The lowest BCUT2D eigenvalue weighted by atomic mass is 10.2. The Balaban J connectivity index is 1.79. The molecule has 9 heteroatoms. The first-order valence-corrected chi connectivity index (χ1v) is 9.46. The third-order valence-corrected chi connectivity index (χ3v) is 5.73. The van der Waals surface area contributed by atoms with Gasteiger partial charge in [0.1, 0.15) is 16.5 Å². The lowest BCUT2D eigenvalue weighted by Gasteiger charge is -2.05. The Kier molecular flexibility index (Phi) is 4.86. The predicted octanol–water partition coefficient (Wildman–Crippen LogP) is 3.02. The zero-order valence-electron chi connectivity index (χ0n) is 13.5. The van der Waals surface area contributed by atoms with Crippen molar-refractivity contribution in [2.24, 2.45) is 0 Å². The average Bonchev–Trinajstić information content (AvgIpc) is 3.09. The number of rotatable bonds is 6. The molecule has 0 saturated heterocycles. The number of aromatic nitrogens is 2. The number of benzene rings is 2. The molecule has 0 amide bonds. The molecule has 0 unspecified atom stereocenters. The van der Waals surface area contributed by atoms with Crippen molar-refractivity contribution in [2.45, 2.75) is 4.90 Å². The van der Waals surface area contributed by atoms with Gasteiger partial charge >= 0.3 is 0 Å². The molecule has 0 aliphatic rings. The largest absolute Gasteiger partial charge is 0.497 e. The number of hydrogen-bond acceptors (Lipinski definition) is 7. The molecule has 2 aromatic carbocycles. The van der Waals surface area contributed by atoms with Gasteiger partial charge in [0, 0.05) is 5.56 Å². The van der Waals surface area contributed by atoms with Gasteiger partial charge in [-0.2, -0.15) is 0 Å². The van der Waals surface area contributed by atoms with Crippen molar-refractivity contribution < 1.29 is 17.9 Å². The highest BCUT2D eigenvalue weighted by Crippen LogP contribution is 2.29. The molecule has 25 heavy (non-hydrogen) atoms. The fourth-order valence-electron chi connectivity index (χ4n) is 2.04. The zero-order valence-corrected chi connectivity index (χ0v) is 15.1. The lowest BCUT2D eigenvalue weighted by Crippen LogP contribution is -2.12. The number of nitrogens with one attached hydrogen (secondary N) is 1. The minimum atomic E-state index is -3.74. The van der Waals surface area contributed by atoms with Crippen LogP contribution in [0, 0.1) is 0 Å². The van der Waals surface area contributed by atoms with Crippen molar-refractivity contribution >= 4 is 26.5 Å². The molecule has 0 aliphatic carbocycles. The number of methoxy groups -OCH3 is 2. The monoisotopic (exact) mass is 377 g/mol. The molecule has 0 radical (unpaired) electrons. The summed E-state index contributed by atoms with van der Waals surface area (Å²) in [6.07, 6.45) is 0. The molecular formula is C16H15N3O4S2. The summed E-state index contributed by atoms with van der Waals surface area (Å²) in [4.78, 5) is 0.120. The molecule has 1 heterocycles. The van der Waals surface area contributed by atoms with Crippen LogP contribution in [0.15, 0.2) is 53.4 Å². The van der Waals surface area contributed by atoms with Crippen LogP contribution < -0.4 is 14.2 Å². The van der Waals surface area contributed by atoms with E-state index in [9.17, 15) is 8.42 Å². The van der Waals surface area contributed by atoms with E-state index in [1.807, 2.05) is 12.1 Å². The van der Waals surface area contributed by atoms with Crippen LogP contribution in [-0.4, -0.2) is 32.8 Å². The number of nitrogens with zero attached hydrogens (tertiary/aromatic N) is 2. The van der Waals surface area contributed by atoms with Gasteiger partial charge in [-0.25, -0.2) is 8.42 Å². The Morgan fingerprint density at radius 1 is 0.880 bits per heavy atom. The summed E-state index contributed by atoms with van der Waals surface area (Å²) in [7, 11) is -0.629. The van der Waals surface area contributed by atoms with Gasteiger partial charge in [0.25, 0.3) is 10.0 Å². The minimum Gasteiger partial charge on any atom is -0.497 e. The summed E-state index contributed by atoms with van der Waals surface area (Å²) < 4.78 is 37.4. The number of anilines is 1. The Labute approximate surface area is 149 Å². The SMILES string of the molecule is COc1ccc(-c2nnc(NS(=O)(=O)c3ccc(OC)cc3)s2)cc1. The maximum absolute atomic E-state index is 12.4. The molecule has 0 atom stereocenters. The Morgan fingerprint density at radius 3 is 2.00 bits per heavy atom. The second-order valence-corrected chi connectivity index (χ2v) is 7.58. The predicted molar refractivity (Wildman–Crippen MR) is 95.7 cm³/mol. The number of ether oxygens (including phenoxy) is 2. The van der Waals surface area contributed by atoms with Crippen LogP contribution in [0.25, 0.3) is 10.6 Å². The van der Waals surface area contributed by atoms with Gasteiger partial charge in [-0.05, 0) is 48.5 Å². The Bertz CT molecular complexity index is 952. The Morgan fingerprint density at radius 2 is 1.44 bits per heavy atom. The van der Waals surface area contributed by atoms with Crippen molar-refractivity contribution in [3.8, 4) is 22.1 Å². The van der Waals surface area contributed by atoms with Crippen LogP contribution in [0.2, 0.25) is 0 Å². The van der Waals surface area contributed by atoms with Crippen LogP contribution in [0.5, 0.6) is 11.5 Å². The summed E-state index contributed by atoms with van der Waals surface area (Å²) >= 11 is 1.15. The summed E-state index contributed by atoms with van der Waals surface area (Å²) in [6.45, 7) is 0. The topological polar surface area (TPSA) is 90.4 Å². The fourth-order valence-corrected chi connectivity index (χ4v) is 4.02. The normalized spacial score (nSPS) is 11.1. The van der Waals surface area contributed by atoms with Gasteiger partial charge in [-0.1, -0.05) is 11.3 Å². The zero-order chi connectivity index (χ0) is 17.9. The molecule has 130 valence electrons. The van der Waals surface area contributed by atoms with Gasteiger partial charge < -0.3 is 9.47 Å². The molecule has 0 aliphatic heterocycles.